The minimum atomic E-state index is -4.83. The quantitative estimate of drug-likeness (QED) is 0.0328. The molecular formula is C32H63O11P. The van der Waals surface area contributed by atoms with Crippen molar-refractivity contribution in [3.8, 4) is 0 Å². The predicted octanol–water partition coefficient (Wildman–Crippen LogP) is 4.96. The summed E-state index contributed by atoms with van der Waals surface area (Å²) >= 11 is 0. The predicted molar refractivity (Wildman–Crippen MR) is 172 cm³/mol. The van der Waals surface area contributed by atoms with Crippen LogP contribution in [-0.2, 0) is 23.1 Å². The van der Waals surface area contributed by atoms with Crippen molar-refractivity contribution in [2.45, 2.75) is 140 Å². The Balaban J connectivity index is 4.07. The molecule has 0 radical (unpaired) electrons. The van der Waals surface area contributed by atoms with E-state index in [-0.39, 0.29) is 6.61 Å². The summed E-state index contributed by atoms with van der Waals surface area (Å²) in [5.74, 6) is 0. The summed E-state index contributed by atoms with van der Waals surface area (Å²) in [5, 5.41) is 47.7. The second kappa shape index (κ2) is 29.7. The van der Waals surface area contributed by atoms with Crippen LogP contribution in [0.3, 0.4) is 0 Å². The molecule has 0 saturated heterocycles. The van der Waals surface area contributed by atoms with Gasteiger partial charge in [-0.25, -0.2) is 4.57 Å². The first-order valence-corrected chi connectivity index (χ1v) is 18.0. The lowest BCUT2D eigenvalue weighted by Gasteiger charge is -2.32. The maximum absolute atomic E-state index is 12.3. The Morgan fingerprint density at radius 1 is 0.705 bits per heavy atom. The summed E-state index contributed by atoms with van der Waals surface area (Å²) in [5.41, 5.74) is 0. The van der Waals surface area contributed by atoms with Gasteiger partial charge in [-0.1, -0.05) is 76.2 Å². The summed E-state index contributed by atoms with van der Waals surface area (Å²) in [4.78, 5) is 9.99. The number of aliphatic hydroxyl groups excluding tert-OH is 5. The van der Waals surface area contributed by atoms with E-state index in [1.54, 1.807) is 0 Å². The van der Waals surface area contributed by atoms with E-state index in [1.165, 1.54) is 77.7 Å². The SMILES string of the molecule is CCCCC/C=C\CCCC/C=C\CCCCCCCCCOC[C@@H](OC)[C@@H](OP(=O)(O)OC[C@H](O)CO)[C@H](O)[C@H](O)CO. The number of methoxy groups -OCH3 is 1. The molecule has 11 nitrogen and oxygen atoms in total. The van der Waals surface area contributed by atoms with Gasteiger partial charge in [0, 0.05) is 13.7 Å². The molecule has 0 aliphatic carbocycles. The molecule has 44 heavy (non-hydrogen) atoms. The maximum atomic E-state index is 12.3. The van der Waals surface area contributed by atoms with Crippen LogP contribution in [0.2, 0.25) is 0 Å². The molecule has 0 aliphatic rings. The van der Waals surface area contributed by atoms with Gasteiger partial charge >= 0.3 is 7.82 Å². The molecule has 1 unspecified atom stereocenters. The van der Waals surface area contributed by atoms with Crippen LogP contribution in [-0.4, -0.2) is 101 Å². The molecule has 0 aromatic heterocycles. The molecule has 0 heterocycles. The van der Waals surface area contributed by atoms with E-state index in [4.69, 9.17) is 19.1 Å². The Kier molecular flexibility index (Phi) is 29.2. The van der Waals surface area contributed by atoms with Crippen LogP contribution in [0.1, 0.15) is 110 Å². The fourth-order valence-corrected chi connectivity index (χ4v) is 5.44. The molecule has 6 N–H and O–H groups in total. The zero-order valence-electron chi connectivity index (χ0n) is 27.2. The second-order valence-corrected chi connectivity index (χ2v) is 12.7. The van der Waals surface area contributed by atoms with Crippen LogP contribution in [0.15, 0.2) is 24.3 Å². The zero-order valence-corrected chi connectivity index (χ0v) is 28.1. The van der Waals surface area contributed by atoms with Crippen molar-refractivity contribution < 1.29 is 53.5 Å². The first-order valence-electron chi connectivity index (χ1n) is 16.5. The summed E-state index contributed by atoms with van der Waals surface area (Å²) in [7, 11) is -3.55. The molecule has 12 heteroatoms. The monoisotopic (exact) mass is 654 g/mol. The average molecular weight is 655 g/mol. The van der Waals surface area contributed by atoms with E-state index in [1.807, 2.05) is 0 Å². The van der Waals surface area contributed by atoms with Crippen LogP contribution in [0.25, 0.3) is 0 Å². The third-order valence-corrected chi connectivity index (χ3v) is 8.21. The van der Waals surface area contributed by atoms with Crippen LogP contribution >= 0.6 is 7.82 Å². The van der Waals surface area contributed by atoms with Gasteiger partial charge in [0.1, 0.15) is 30.5 Å². The number of rotatable bonds is 32. The van der Waals surface area contributed by atoms with Crippen LogP contribution < -0.4 is 0 Å². The van der Waals surface area contributed by atoms with Crippen molar-refractivity contribution in [3.63, 3.8) is 0 Å². The van der Waals surface area contributed by atoms with E-state index >= 15 is 0 Å². The van der Waals surface area contributed by atoms with Crippen LogP contribution in [0, 0.1) is 0 Å². The molecule has 0 bridgehead atoms. The zero-order chi connectivity index (χ0) is 32.9. The highest BCUT2D eigenvalue weighted by molar-refractivity contribution is 7.47. The Bertz CT molecular complexity index is 737. The molecule has 6 atom stereocenters. The lowest BCUT2D eigenvalue weighted by atomic mass is 10.0. The largest absolute Gasteiger partial charge is 0.472 e. The number of allylic oxidation sites excluding steroid dienone is 4. The van der Waals surface area contributed by atoms with Crippen LogP contribution in [0.4, 0.5) is 0 Å². The molecule has 0 amide bonds. The molecule has 0 aliphatic heterocycles. The third-order valence-electron chi connectivity index (χ3n) is 7.22. The minimum Gasteiger partial charge on any atom is -0.394 e. The highest BCUT2D eigenvalue weighted by atomic mass is 31.2. The fourth-order valence-electron chi connectivity index (χ4n) is 4.45. The molecule has 262 valence electrons. The number of hydrogen-bond acceptors (Lipinski definition) is 10. The Morgan fingerprint density at radius 2 is 1.20 bits per heavy atom. The fraction of sp³-hybridized carbons (Fsp3) is 0.875. The van der Waals surface area contributed by atoms with Crippen molar-refractivity contribution in [3.05, 3.63) is 24.3 Å². The van der Waals surface area contributed by atoms with Crippen molar-refractivity contribution in [2.75, 3.05) is 40.1 Å². The van der Waals surface area contributed by atoms with Gasteiger partial charge in [-0.3, -0.25) is 9.05 Å². The lowest BCUT2D eigenvalue weighted by Crippen LogP contribution is -2.49. The van der Waals surface area contributed by atoms with E-state index < -0.39 is 58.2 Å². The number of phosphoric acid groups is 1. The van der Waals surface area contributed by atoms with E-state index in [9.17, 15) is 29.9 Å². The summed E-state index contributed by atoms with van der Waals surface area (Å²) < 4.78 is 32.9. The summed E-state index contributed by atoms with van der Waals surface area (Å²) in [6.07, 6.45) is 20.6. The highest BCUT2D eigenvalue weighted by Gasteiger charge is 2.40. The highest BCUT2D eigenvalue weighted by Crippen LogP contribution is 2.46. The number of hydrogen-bond donors (Lipinski definition) is 6. The molecule has 0 aromatic rings. The molecule has 0 fully saturated rings. The Labute approximate surface area is 265 Å². The van der Waals surface area contributed by atoms with Crippen molar-refractivity contribution in [2.24, 2.45) is 0 Å². The van der Waals surface area contributed by atoms with E-state index in [0.717, 1.165) is 32.1 Å². The first-order chi connectivity index (χ1) is 21.2. The summed E-state index contributed by atoms with van der Waals surface area (Å²) in [6, 6.07) is 0. The Hall–Kier alpha value is -0.690. The number of aliphatic hydroxyl groups is 5. The average Bonchev–Trinajstić information content (AvgIpc) is 3.02. The molecular weight excluding hydrogens is 591 g/mol. The summed E-state index contributed by atoms with van der Waals surface area (Å²) in [6.45, 7) is 0.311. The van der Waals surface area contributed by atoms with E-state index in [2.05, 4.69) is 35.8 Å². The molecule has 0 saturated carbocycles. The van der Waals surface area contributed by atoms with Gasteiger partial charge in [0.05, 0.1) is 26.4 Å². The number of unbranched alkanes of at least 4 members (excludes halogenated alkanes) is 13. The van der Waals surface area contributed by atoms with Gasteiger partial charge < -0.3 is 39.9 Å². The number of phosphoric ester groups is 1. The van der Waals surface area contributed by atoms with Gasteiger partial charge in [0.2, 0.25) is 0 Å². The lowest BCUT2D eigenvalue weighted by molar-refractivity contribution is -0.136. The van der Waals surface area contributed by atoms with Crippen molar-refractivity contribution >= 4 is 7.82 Å². The molecule has 0 rings (SSSR count). The van der Waals surface area contributed by atoms with Gasteiger partial charge in [-0.15, -0.1) is 0 Å². The van der Waals surface area contributed by atoms with Crippen molar-refractivity contribution in [1.29, 1.82) is 0 Å². The van der Waals surface area contributed by atoms with Crippen LogP contribution in [0.5, 0.6) is 0 Å². The molecule has 0 spiro atoms. The number of ether oxygens (including phenoxy) is 2. The van der Waals surface area contributed by atoms with Gasteiger partial charge in [-0.05, 0) is 57.8 Å². The van der Waals surface area contributed by atoms with Gasteiger partial charge in [0.25, 0.3) is 0 Å². The molecule has 0 aromatic carbocycles. The van der Waals surface area contributed by atoms with Crippen molar-refractivity contribution in [1.82, 2.24) is 0 Å². The standard InChI is InChI=1S/C32H63O11P/c1-3-4-5-6-7-8-9-10-11-12-13-14-15-16-17-18-19-20-21-22-23-41-27-30(40-2)32(31(37)29(36)25-34)43-44(38,39)42-26-28(35)24-33/h7-8,13-14,28-37H,3-6,9-12,15-27H2,1-2H3,(H,38,39)/b8-7-,14-13-/t28-,29-,30-,31-,32-/m1/s1. The normalized spacial score (nSPS) is 17.2. The third kappa shape index (κ3) is 24.5. The maximum Gasteiger partial charge on any atom is 0.472 e. The second-order valence-electron chi connectivity index (χ2n) is 11.2. The topological polar surface area (TPSA) is 175 Å². The van der Waals surface area contributed by atoms with Gasteiger partial charge in [-0.2, -0.15) is 0 Å². The first kappa shape index (κ1) is 43.3. The Morgan fingerprint density at radius 3 is 1.70 bits per heavy atom. The van der Waals surface area contributed by atoms with E-state index in [0.29, 0.717) is 6.61 Å². The van der Waals surface area contributed by atoms with Gasteiger partial charge in [0.15, 0.2) is 0 Å². The smallest absolute Gasteiger partial charge is 0.394 e. The minimum absolute atomic E-state index is 0.112.